The maximum absolute atomic E-state index is 12.3. The fourth-order valence-corrected chi connectivity index (χ4v) is 2.83. The summed E-state index contributed by atoms with van der Waals surface area (Å²) in [6.45, 7) is 1.62. The largest absolute Gasteiger partial charge is 0.507 e. The average Bonchev–Trinajstić information content (AvgIpc) is 2.67. The summed E-state index contributed by atoms with van der Waals surface area (Å²) in [5, 5.41) is 18.8. The molecule has 0 saturated heterocycles. The second-order valence-corrected chi connectivity index (χ2v) is 6.62. The van der Waals surface area contributed by atoms with Gasteiger partial charge in [-0.3, -0.25) is 9.59 Å². The first-order valence-electron chi connectivity index (χ1n) is 8.53. The normalized spacial score (nSPS) is 11.3. The van der Waals surface area contributed by atoms with E-state index in [1.54, 1.807) is 37.3 Å². The molecule has 0 unspecified atom stereocenters. The van der Waals surface area contributed by atoms with Crippen molar-refractivity contribution >= 4 is 45.6 Å². The molecule has 0 spiro atoms. The molecule has 7 heteroatoms. The van der Waals surface area contributed by atoms with Gasteiger partial charge < -0.3 is 10.4 Å². The minimum absolute atomic E-state index is 0.0186. The van der Waals surface area contributed by atoms with Crippen molar-refractivity contribution < 1.29 is 14.7 Å². The minimum Gasteiger partial charge on any atom is -0.507 e. The number of fused-ring (bicyclic) bond motifs is 1. The minimum atomic E-state index is -0.561. The van der Waals surface area contributed by atoms with E-state index in [0.717, 1.165) is 10.8 Å². The van der Waals surface area contributed by atoms with Gasteiger partial charge in [-0.2, -0.15) is 5.10 Å². The molecular weight excluding hydrogens is 378 g/mol. The molecule has 0 heterocycles. The van der Waals surface area contributed by atoms with E-state index < -0.39 is 5.91 Å². The topological polar surface area (TPSA) is 90.8 Å². The predicted molar refractivity (Wildman–Crippen MR) is 111 cm³/mol. The lowest BCUT2D eigenvalue weighted by Crippen LogP contribution is -2.21. The molecular formula is C21H18ClN3O3. The lowest BCUT2D eigenvalue weighted by atomic mass is 10.1. The summed E-state index contributed by atoms with van der Waals surface area (Å²) in [6, 6.07) is 17.4. The Kier molecular flexibility index (Phi) is 5.91. The molecule has 0 aliphatic carbocycles. The number of hydrogen-bond donors (Lipinski definition) is 3. The summed E-state index contributed by atoms with van der Waals surface area (Å²) in [4.78, 5) is 24.4. The Morgan fingerprint density at radius 1 is 1.04 bits per heavy atom. The second kappa shape index (κ2) is 8.54. The van der Waals surface area contributed by atoms with Gasteiger partial charge in [0.25, 0.3) is 5.91 Å². The summed E-state index contributed by atoms with van der Waals surface area (Å²) in [6.07, 6.45) is -0.0186. The van der Waals surface area contributed by atoms with Gasteiger partial charge in [0.15, 0.2) is 0 Å². The number of anilines is 1. The SMILES string of the molecule is CC(CC(=O)Nc1ccccc1Cl)=NNC(=O)c1cc2ccccc2cc1O. The number of phenols is 1. The van der Waals surface area contributed by atoms with Gasteiger partial charge in [0.1, 0.15) is 5.75 Å². The molecule has 0 atom stereocenters. The number of nitrogens with zero attached hydrogens (tertiary/aromatic N) is 1. The molecule has 3 rings (SSSR count). The monoisotopic (exact) mass is 395 g/mol. The summed E-state index contributed by atoms with van der Waals surface area (Å²) >= 11 is 6.01. The number of nitrogens with one attached hydrogen (secondary N) is 2. The van der Waals surface area contributed by atoms with E-state index in [2.05, 4.69) is 15.8 Å². The highest BCUT2D eigenvalue weighted by atomic mass is 35.5. The Bertz CT molecular complexity index is 1080. The molecule has 3 N–H and O–H groups in total. The molecule has 0 aliphatic heterocycles. The highest BCUT2D eigenvalue weighted by Crippen LogP contribution is 2.25. The molecule has 142 valence electrons. The van der Waals surface area contributed by atoms with E-state index >= 15 is 0 Å². The molecule has 0 bridgehead atoms. The number of carbonyl (C=O) groups excluding carboxylic acids is 2. The molecule has 0 saturated carbocycles. The van der Waals surface area contributed by atoms with Gasteiger partial charge in [0.2, 0.25) is 5.91 Å². The smallest absolute Gasteiger partial charge is 0.275 e. The Labute approximate surface area is 166 Å². The van der Waals surface area contributed by atoms with Crippen molar-refractivity contribution in [3.05, 3.63) is 71.2 Å². The quantitative estimate of drug-likeness (QED) is 0.443. The van der Waals surface area contributed by atoms with Crippen molar-refractivity contribution in [2.24, 2.45) is 5.10 Å². The standard InChI is InChI=1S/C21H18ClN3O3/c1-13(10-20(27)23-18-9-5-4-8-17(18)22)24-25-21(28)16-11-14-6-2-3-7-15(14)12-19(16)26/h2-9,11-12,26H,10H2,1H3,(H,23,27)(H,25,28). The van der Waals surface area contributed by atoms with Gasteiger partial charge in [0, 0.05) is 5.71 Å². The Hall–Kier alpha value is -3.38. The lowest BCUT2D eigenvalue weighted by Gasteiger charge is -2.08. The third-order valence-electron chi connectivity index (χ3n) is 4.02. The molecule has 0 aliphatic rings. The summed E-state index contributed by atoms with van der Waals surface area (Å²) in [5.74, 6) is -1.01. The van der Waals surface area contributed by atoms with Crippen LogP contribution in [0.5, 0.6) is 5.75 Å². The highest BCUT2D eigenvalue weighted by Gasteiger charge is 2.13. The Morgan fingerprint density at radius 2 is 1.68 bits per heavy atom. The number of phenolic OH excluding ortho intramolecular Hbond substituents is 1. The number of amides is 2. The fourth-order valence-electron chi connectivity index (χ4n) is 2.65. The van der Waals surface area contributed by atoms with Gasteiger partial charge in [-0.15, -0.1) is 0 Å². The van der Waals surface area contributed by atoms with Crippen LogP contribution in [0, 0.1) is 0 Å². The Balaban J connectivity index is 1.64. The zero-order valence-electron chi connectivity index (χ0n) is 15.1. The highest BCUT2D eigenvalue weighted by molar-refractivity contribution is 6.33. The van der Waals surface area contributed by atoms with Crippen molar-refractivity contribution in [1.29, 1.82) is 0 Å². The van der Waals surface area contributed by atoms with Crippen LogP contribution < -0.4 is 10.7 Å². The predicted octanol–water partition coefficient (Wildman–Crippen LogP) is 4.33. The number of benzene rings is 3. The van der Waals surface area contributed by atoms with Crippen LogP contribution in [0.15, 0.2) is 65.8 Å². The molecule has 3 aromatic carbocycles. The van der Waals surface area contributed by atoms with Gasteiger partial charge in [-0.25, -0.2) is 5.43 Å². The van der Waals surface area contributed by atoms with Crippen LogP contribution in [-0.4, -0.2) is 22.6 Å². The first kappa shape index (κ1) is 19.4. The molecule has 0 aromatic heterocycles. The summed E-state index contributed by atoms with van der Waals surface area (Å²) < 4.78 is 0. The van der Waals surface area contributed by atoms with E-state index in [4.69, 9.17) is 11.6 Å². The second-order valence-electron chi connectivity index (χ2n) is 6.21. The van der Waals surface area contributed by atoms with Crippen LogP contribution in [0.25, 0.3) is 10.8 Å². The fraction of sp³-hybridized carbons (Fsp3) is 0.0952. The lowest BCUT2D eigenvalue weighted by molar-refractivity contribution is -0.115. The number of hydrogen-bond acceptors (Lipinski definition) is 4. The van der Waals surface area contributed by atoms with Gasteiger partial charge >= 0.3 is 0 Å². The first-order chi connectivity index (χ1) is 13.4. The van der Waals surface area contributed by atoms with Crippen LogP contribution in [0.2, 0.25) is 5.02 Å². The van der Waals surface area contributed by atoms with Crippen LogP contribution in [0.1, 0.15) is 23.7 Å². The molecule has 0 fully saturated rings. The van der Waals surface area contributed by atoms with Gasteiger partial charge in [-0.1, -0.05) is 48.0 Å². The molecule has 0 radical (unpaired) electrons. The zero-order valence-corrected chi connectivity index (χ0v) is 15.8. The van der Waals surface area contributed by atoms with Crippen LogP contribution in [-0.2, 0) is 4.79 Å². The van der Waals surface area contributed by atoms with Gasteiger partial charge in [0.05, 0.1) is 22.7 Å². The zero-order chi connectivity index (χ0) is 20.1. The third kappa shape index (κ3) is 4.66. The van der Waals surface area contributed by atoms with Crippen LogP contribution in [0.3, 0.4) is 0 Å². The number of aromatic hydroxyl groups is 1. The third-order valence-corrected chi connectivity index (χ3v) is 4.35. The number of para-hydroxylation sites is 1. The van der Waals surface area contributed by atoms with Crippen molar-refractivity contribution in [3.63, 3.8) is 0 Å². The molecule has 6 nitrogen and oxygen atoms in total. The number of rotatable bonds is 5. The molecule has 3 aromatic rings. The van der Waals surface area contributed by atoms with E-state index in [0.29, 0.717) is 16.4 Å². The molecule has 2 amide bonds. The molecule has 28 heavy (non-hydrogen) atoms. The van der Waals surface area contributed by atoms with Gasteiger partial charge in [-0.05, 0) is 42.0 Å². The maximum atomic E-state index is 12.3. The first-order valence-corrected chi connectivity index (χ1v) is 8.91. The van der Waals surface area contributed by atoms with Crippen molar-refractivity contribution in [1.82, 2.24) is 5.43 Å². The maximum Gasteiger partial charge on any atom is 0.275 e. The van der Waals surface area contributed by atoms with Crippen molar-refractivity contribution in [3.8, 4) is 5.75 Å². The number of halogens is 1. The Morgan fingerprint density at radius 3 is 2.39 bits per heavy atom. The van der Waals surface area contributed by atoms with Crippen molar-refractivity contribution in [2.75, 3.05) is 5.32 Å². The van der Waals surface area contributed by atoms with E-state index in [9.17, 15) is 14.7 Å². The van der Waals surface area contributed by atoms with E-state index in [1.807, 2.05) is 24.3 Å². The number of carbonyl (C=O) groups is 2. The van der Waals surface area contributed by atoms with E-state index in [1.165, 1.54) is 6.07 Å². The van der Waals surface area contributed by atoms with Crippen LogP contribution >= 0.6 is 11.6 Å². The summed E-state index contributed by atoms with van der Waals surface area (Å²) in [5.41, 5.74) is 3.38. The summed E-state index contributed by atoms with van der Waals surface area (Å²) in [7, 11) is 0. The number of hydrazone groups is 1. The van der Waals surface area contributed by atoms with Crippen LogP contribution in [0.4, 0.5) is 5.69 Å². The average molecular weight is 396 g/mol. The van der Waals surface area contributed by atoms with Crippen molar-refractivity contribution in [2.45, 2.75) is 13.3 Å². The van der Waals surface area contributed by atoms with E-state index in [-0.39, 0.29) is 23.6 Å².